The highest BCUT2D eigenvalue weighted by Gasteiger charge is 2.20. The second-order valence-corrected chi connectivity index (χ2v) is 6.54. The molecule has 1 aliphatic rings. The first-order valence-corrected chi connectivity index (χ1v) is 7.26. The van der Waals surface area contributed by atoms with Crippen LogP contribution in [0.1, 0.15) is 44.7 Å². The molecule has 0 amide bonds. The Kier molecular flexibility index (Phi) is 4.51. The van der Waals surface area contributed by atoms with Gasteiger partial charge in [0.05, 0.1) is 7.11 Å². The molecule has 0 atom stereocenters. The molecule has 0 saturated carbocycles. The minimum Gasteiger partial charge on any atom is -0.496 e. The van der Waals surface area contributed by atoms with E-state index in [9.17, 15) is 0 Å². The molecule has 0 radical (unpaired) electrons. The summed E-state index contributed by atoms with van der Waals surface area (Å²) in [5.41, 5.74) is 2.86. The van der Waals surface area contributed by atoms with E-state index in [4.69, 9.17) is 9.47 Å². The van der Waals surface area contributed by atoms with E-state index in [0.717, 1.165) is 31.3 Å². The number of hydrogen-bond acceptors (Lipinski definition) is 2. The fourth-order valence-electron chi connectivity index (χ4n) is 2.75. The second-order valence-electron chi connectivity index (χ2n) is 6.54. The average Bonchev–Trinajstić information content (AvgIpc) is 2.39. The maximum absolute atomic E-state index is 5.50. The summed E-state index contributed by atoms with van der Waals surface area (Å²) in [4.78, 5) is 0. The van der Waals surface area contributed by atoms with Crippen molar-refractivity contribution in [2.24, 2.45) is 5.92 Å². The quantitative estimate of drug-likeness (QED) is 0.821. The summed E-state index contributed by atoms with van der Waals surface area (Å²) in [6.45, 7) is 8.56. The third-order valence-corrected chi connectivity index (χ3v) is 3.94. The summed E-state index contributed by atoms with van der Waals surface area (Å²) in [5.74, 6) is 1.78. The monoisotopic (exact) mass is 262 g/mol. The summed E-state index contributed by atoms with van der Waals surface area (Å²) >= 11 is 0. The molecular weight excluding hydrogens is 236 g/mol. The first-order chi connectivity index (χ1) is 9.00. The smallest absolute Gasteiger partial charge is 0.122 e. The molecule has 2 heteroatoms. The van der Waals surface area contributed by atoms with E-state index >= 15 is 0 Å². The van der Waals surface area contributed by atoms with Crippen molar-refractivity contribution in [3.8, 4) is 5.75 Å². The van der Waals surface area contributed by atoms with E-state index in [1.165, 1.54) is 24.0 Å². The van der Waals surface area contributed by atoms with Crippen molar-refractivity contribution in [3.63, 3.8) is 0 Å². The Morgan fingerprint density at radius 3 is 2.47 bits per heavy atom. The van der Waals surface area contributed by atoms with Crippen LogP contribution in [-0.4, -0.2) is 20.3 Å². The predicted octanol–water partition coefficient (Wildman–Crippen LogP) is 3.96. The molecule has 2 nitrogen and oxygen atoms in total. The summed E-state index contributed by atoms with van der Waals surface area (Å²) in [6.07, 6.45) is 3.55. The Labute approximate surface area is 117 Å². The van der Waals surface area contributed by atoms with Crippen molar-refractivity contribution < 1.29 is 9.47 Å². The van der Waals surface area contributed by atoms with E-state index in [1.807, 2.05) is 0 Å². The third-order valence-electron chi connectivity index (χ3n) is 3.94. The Balaban J connectivity index is 2.17. The van der Waals surface area contributed by atoms with E-state index in [-0.39, 0.29) is 5.41 Å². The van der Waals surface area contributed by atoms with Crippen LogP contribution >= 0.6 is 0 Å². The van der Waals surface area contributed by atoms with Crippen molar-refractivity contribution in [2.45, 2.75) is 45.4 Å². The van der Waals surface area contributed by atoms with Crippen LogP contribution < -0.4 is 4.74 Å². The normalized spacial score (nSPS) is 17.5. The molecule has 1 saturated heterocycles. The largest absolute Gasteiger partial charge is 0.496 e. The SMILES string of the molecule is COc1ccc(CC2CCOCC2)cc1C(C)(C)C. The number of ether oxygens (including phenoxy) is 2. The summed E-state index contributed by atoms with van der Waals surface area (Å²) in [6, 6.07) is 6.66. The topological polar surface area (TPSA) is 18.5 Å². The number of hydrogen-bond donors (Lipinski definition) is 0. The van der Waals surface area contributed by atoms with Crippen LogP contribution in [0.3, 0.4) is 0 Å². The van der Waals surface area contributed by atoms with Crippen molar-refractivity contribution in [3.05, 3.63) is 29.3 Å². The first kappa shape index (κ1) is 14.4. The highest BCUT2D eigenvalue weighted by Crippen LogP contribution is 2.33. The maximum Gasteiger partial charge on any atom is 0.122 e. The van der Waals surface area contributed by atoms with Crippen LogP contribution in [0.5, 0.6) is 5.75 Å². The minimum atomic E-state index is 0.122. The highest BCUT2D eigenvalue weighted by atomic mass is 16.5. The average molecular weight is 262 g/mol. The van der Waals surface area contributed by atoms with E-state index in [0.29, 0.717) is 0 Å². The van der Waals surface area contributed by atoms with Gasteiger partial charge in [-0.25, -0.2) is 0 Å². The Hall–Kier alpha value is -1.02. The molecule has 106 valence electrons. The van der Waals surface area contributed by atoms with Crippen LogP contribution in [0.25, 0.3) is 0 Å². The lowest BCUT2D eigenvalue weighted by molar-refractivity contribution is 0.0665. The maximum atomic E-state index is 5.50. The Morgan fingerprint density at radius 1 is 1.21 bits per heavy atom. The van der Waals surface area contributed by atoms with Gasteiger partial charge in [-0.1, -0.05) is 32.9 Å². The van der Waals surface area contributed by atoms with Gasteiger partial charge in [-0.3, -0.25) is 0 Å². The molecule has 0 spiro atoms. The molecule has 1 fully saturated rings. The minimum absolute atomic E-state index is 0.122. The zero-order valence-corrected chi connectivity index (χ0v) is 12.7. The zero-order chi connectivity index (χ0) is 13.9. The van der Waals surface area contributed by atoms with Gasteiger partial charge in [-0.05, 0) is 47.8 Å². The van der Waals surface area contributed by atoms with Gasteiger partial charge in [0, 0.05) is 13.2 Å². The fourth-order valence-corrected chi connectivity index (χ4v) is 2.75. The van der Waals surface area contributed by atoms with Gasteiger partial charge in [0.2, 0.25) is 0 Å². The standard InChI is InChI=1S/C17H26O2/c1-17(2,3)15-12-14(5-6-16(15)18-4)11-13-7-9-19-10-8-13/h5-6,12-13H,7-11H2,1-4H3. The van der Waals surface area contributed by atoms with Crippen molar-refractivity contribution in [2.75, 3.05) is 20.3 Å². The van der Waals surface area contributed by atoms with Gasteiger partial charge in [-0.2, -0.15) is 0 Å². The zero-order valence-electron chi connectivity index (χ0n) is 12.7. The molecule has 19 heavy (non-hydrogen) atoms. The van der Waals surface area contributed by atoms with Gasteiger partial charge >= 0.3 is 0 Å². The molecule has 0 aliphatic carbocycles. The van der Waals surface area contributed by atoms with Crippen molar-refractivity contribution >= 4 is 0 Å². The van der Waals surface area contributed by atoms with Gasteiger partial charge in [0.15, 0.2) is 0 Å². The van der Waals surface area contributed by atoms with Gasteiger partial charge < -0.3 is 9.47 Å². The Morgan fingerprint density at radius 2 is 1.89 bits per heavy atom. The van der Waals surface area contributed by atoms with Crippen LogP contribution in [0, 0.1) is 5.92 Å². The second kappa shape index (κ2) is 5.96. The van der Waals surface area contributed by atoms with Crippen molar-refractivity contribution in [1.29, 1.82) is 0 Å². The summed E-state index contributed by atoms with van der Waals surface area (Å²) in [7, 11) is 1.75. The third kappa shape index (κ3) is 3.73. The number of rotatable bonds is 3. The first-order valence-electron chi connectivity index (χ1n) is 7.26. The highest BCUT2D eigenvalue weighted by molar-refractivity contribution is 5.41. The lowest BCUT2D eigenvalue weighted by atomic mass is 9.83. The van der Waals surface area contributed by atoms with Crippen LogP contribution in [0.15, 0.2) is 18.2 Å². The Bertz CT molecular complexity index is 412. The van der Waals surface area contributed by atoms with Gasteiger partial charge in [0.1, 0.15) is 5.75 Å². The van der Waals surface area contributed by atoms with Crippen molar-refractivity contribution in [1.82, 2.24) is 0 Å². The van der Waals surface area contributed by atoms with E-state index < -0.39 is 0 Å². The van der Waals surface area contributed by atoms with E-state index in [1.54, 1.807) is 7.11 Å². The van der Waals surface area contributed by atoms with Crippen LogP contribution in [0.2, 0.25) is 0 Å². The lowest BCUT2D eigenvalue weighted by Crippen LogP contribution is -2.18. The molecular formula is C17H26O2. The summed E-state index contributed by atoms with van der Waals surface area (Å²) in [5, 5.41) is 0. The van der Waals surface area contributed by atoms with Crippen LogP contribution in [-0.2, 0) is 16.6 Å². The molecule has 1 aromatic rings. The molecule has 2 rings (SSSR count). The van der Waals surface area contributed by atoms with Gasteiger partial charge in [-0.15, -0.1) is 0 Å². The predicted molar refractivity (Wildman–Crippen MR) is 78.9 cm³/mol. The number of benzene rings is 1. The molecule has 0 bridgehead atoms. The fraction of sp³-hybridized carbons (Fsp3) is 0.647. The summed E-state index contributed by atoms with van der Waals surface area (Å²) < 4.78 is 10.9. The van der Waals surface area contributed by atoms with E-state index in [2.05, 4.69) is 39.0 Å². The molecule has 0 N–H and O–H groups in total. The molecule has 1 heterocycles. The molecule has 1 aliphatic heterocycles. The molecule has 0 unspecified atom stereocenters. The number of methoxy groups -OCH3 is 1. The lowest BCUT2D eigenvalue weighted by Gasteiger charge is -2.25. The molecule has 1 aromatic carbocycles. The van der Waals surface area contributed by atoms with Crippen LogP contribution in [0.4, 0.5) is 0 Å². The molecule has 0 aromatic heterocycles. The van der Waals surface area contributed by atoms with Gasteiger partial charge in [0.25, 0.3) is 0 Å².